The third kappa shape index (κ3) is 5.31. The van der Waals surface area contributed by atoms with Crippen LogP contribution in [0.2, 0.25) is 0 Å². The Labute approximate surface area is 161 Å². The average Bonchev–Trinajstić information content (AvgIpc) is 2.70. The molecule has 0 radical (unpaired) electrons. The number of hydrogen-bond donors (Lipinski definition) is 3. The van der Waals surface area contributed by atoms with Crippen LogP contribution in [0.4, 0.5) is 8.78 Å². The van der Waals surface area contributed by atoms with Crippen molar-refractivity contribution in [3.63, 3.8) is 0 Å². The van der Waals surface area contributed by atoms with E-state index in [1.807, 2.05) is 42.5 Å². The van der Waals surface area contributed by atoms with E-state index in [2.05, 4.69) is 0 Å². The van der Waals surface area contributed by atoms with E-state index in [1.165, 1.54) is 11.6 Å². The SMILES string of the molecule is CC(O)(C(F)F)[C@H](CC(=O)/C=C/c1ccc(-c2ccccc2)cc1)C(=O)NO. The number of rotatable bonds is 8. The predicted octanol–water partition coefficient (Wildman–Crippen LogP) is 3.46. The van der Waals surface area contributed by atoms with E-state index in [1.54, 1.807) is 12.1 Å². The molecule has 0 spiro atoms. The van der Waals surface area contributed by atoms with E-state index >= 15 is 0 Å². The van der Waals surface area contributed by atoms with Crippen LogP contribution < -0.4 is 5.48 Å². The van der Waals surface area contributed by atoms with Crippen molar-refractivity contribution in [3.05, 3.63) is 66.2 Å². The number of alkyl halides is 2. The molecule has 28 heavy (non-hydrogen) atoms. The zero-order chi connectivity index (χ0) is 20.7. The van der Waals surface area contributed by atoms with E-state index < -0.39 is 36.1 Å². The Kier molecular flexibility index (Phi) is 7.14. The molecule has 0 aliphatic rings. The van der Waals surface area contributed by atoms with Crippen LogP contribution in [0.1, 0.15) is 18.9 Å². The summed E-state index contributed by atoms with van der Waals surface area (Å²) in [4.78, 5) is 23.7. The quantitative estimate of drug-likeness (QED) is 0.367. The first-order valence-corrected chi connectivity index (χ1v) is 8.56. The summed E-state index contributed by atoms with van der Waals surface area (Å²) in [5, 5.41) is 18.5. The van der Waals surface area contributed by atoms with Gasteiger partial charge in [-0.05, 0) is 29.7 Å². The van der Waals surface area contributed by atoms with Crippen molar-refractivity contribution in [2.24, 2.45) is 5.92 Å². The zero-order valence-corrected chi connectivity index (χ0v) is 15.2. The van der Waals surface area contributed by atoms with Crippen LogP contribution in [0.15, 0.2) is 60.7 Å². The molecule has 2 atom stereocenters. The van der Waals surface area contributed by atoms with Crippen molar-refractivity contribution in [2.75, 3.05) is 0 Å². The molecule has 0 saturated carbocycles. The second-order valence-corrected chi connectivity index (χ2v) is 6.55. The van der Waals surface area contributed by atoms with Gasteiger partial charge in [-0.15, -0.1) is 0 Å². The van der Waals surface area contributed by atoms with Crippen LogP contribution in [0.5, 0.6) is 0 Å². The molecule has 0 saturated heterocycles. The van der Waals surface area contributed by atoms with Gasteiger partial charge in [0.25, 0.3) is 6.43 Å². The van der Waals surface area contributed by atoms with Crippen LogP contribution in [0, 0.1) is 5.92 Å². The smallest absolute Gasteiger partial charge is 0.267 e. The number of allylic oxidation sites excluding steroid dienone is 1. The van der Waals surface area contributed by atoms with E-state index in [9.17, 15) is 23.5 Å². The molecule has 148 valence electrons. The van der Waals surface area contributed by atoms with Gasteiger partial charge in [-0.25, -0.2) is 14.3 Å². The minimum absolute atomic E-state index is 0.637. The van der Waals surface area contributed by atoms with Crippen LogP contribution >= 0.6 is 0 Å². The first-order valence-electron chi connectivity index (χ1n) is 8.56. The summed E-state index contributed by atoms with van der Waals surface area (Å²) < 4.78 is 26.0. The third-order valence-electron chi connectivity index (χ3n) is 4.46. The maximum Gasteiger partial charge on any atom is 0.267 e. The second kappa shape index (κ2) is 9.34. The van der Waals surface area contributed by atoms with E-state index in [0.29, 0.717) is 5.56 Å². The highest BCUT2D eigenvalue weighted by molar-refractivity contribution is 5.96. The number of carbonyl (C=O) groups is 2. The summed E-state index contributed by atoms with van der Waals surface area (Å²) in [5.41, 5.74) is 1.21. The van der Waals surface area contributed by atoms with Crippen LogP contribution in [-0.4, -0.2) is 34.0 Å². The van der Waals surface area contributed by atoms with Crippen LogP contribution in [0.3, 0.4) is 0 Å². The minimum atomic E-state index is -3.27. The van der Waals surface area contributed by atoms with Crippen LogP contribution in [0.25, 0.3) is 17.2 Å². The lowest BCUT2D eigenvalue weighted by Crippen LogP contribution is -2.49. The second-order valence-electron chi connectivity index (χ2n) is 6.55. The minimum Gasteiger partial charge on any atom is -0.383 e. The standard InChI is InChI=1S/C21H21F2NO4/c1-21(27,20(22)23)18(19(26)24-28)13-17(25)12-9-14-7-10-16(11-8-14)15-5-3-2-4-6-15/h2-12,18,20,27-28H,13H2,1H3,(H,24,26)/b12-9+/t18-,21?/m1/s1. The van der Waals surface area contributed by atoms with Gasteiger partial charge >= 0.3 is 0 Å². The van der Waals surface area contributed by atoms with Crippen molar-refractivity contribution < 1.29 is 28.7 Å². The van der Waals surface area contributed by atoms with Gasteiger partial charge in [-0.1, -0.05) is 60.7 Å². The number of hydrogen-bond acceptors (Lipinski definition) is 4. The van der Waals surface area contributed by atoms with Gasteiger partial charge in [0.2, 0.25) is 5.91 Å². The molecule has 7 heteroatoms. The zero-order valence-electron chi connectivity index (χ0n) is 15.2. The molecule has 0 bridgehead atoms. The molecule has 0 aliphatic heterocycles. The average molecular weight is 389 g/mol. The predicted molar refractivity (Wildman–Crippen MR) is 101 cm³/mol. The van der Waals surface area contributed by atoms with Crippen molar-refractivity contribution in [3.8, 4) is 11.1 Å². The summed E-state index contributed by atoms with van der Waals surface area (Å²) in [6.45, 7) is 0.747. The Bertz CT molecular complexity index is 833. The summed E-state index contributed by atoms with van der Waals surface area (Å²) in [6, 6.07) is 17.0. The molecule has 2 rings (SSSR count). The number of benzene rings is 2. The van der Waals surface area contributed by atoms with E-state index in [4.69, 9.17) is 5.21 Å². The Morgan fingerprint density at radius 1 is 1.07 bits per heavy atom. The first kappa shape index (κ1) is 21.4. The van der Waals surface area contributed by atoms with Gasteiger partial charge in [-0.2, -0.15) is 0 Å². The Balaban J connectivity index is 2.08. The maximum atomic E-state index is 13.0. The van der Waals surface area contributed by atoms with Crippen molar-refractivity contribution in [1.29, 1.82) is 0 Å². The fourth-order valence-electron chi connectivity index (χ4n) is 2.67. The Morgan fingerprint density at radius 3 is 2.18 bits per heavy atom. The maximum absolute atomic E-state index is 13.0. The number of amides is 1. The summed E-state index contributed by atoms with van der Waals surface area (Å²) in [7, 11) is 0. The number of ketones is 1. The third-order valence-corrected chi connectivity index (χ3v) is 4.46. The number of nitrogens with one attached hydrogen (secondary N) is 1. The Morgan fingerprint density at radius 2 is 1.64 bits per heavy atom. The molecule has 1 unspecified atom stereocenters. The molecule has 3 N–H and O–H groups in total. The van der Waals surface area contributed by atoms with Gasteiger partial charge in [-0.3, -0.25) is 14.8 Å². The van der Waals surface area contributed by atoms with Crippen LogP contribution in [-0.2, 0) is 9.59 Å². The monoisotopic (exact) mass is 389 g/mol. The lowest BCUT2D eigenvalue weighted by molar-refractivity contribution is -0.161. The topological polar surface area (TPSA) is 86.6 Å². The lowest BCUT2D eigenvalue weighted by Gasteiger charge is -2.29. The number of hydroxylamine groups is 1. The van der Waals surface area contributed by atoms with Gasteiger partial charge in [0.15, 0.2) is 5.78 Å². The molecule has 2 aromatic carbocycles. The fourth-order valence-corrected chi connectivity index (χ4v) is 2.67. The summed E-state index contributed by atoms with van der Waals surface area (Å²) >= 11 is 0. The normalized spacial score (nSPS) is 14.6. The van der Waals surface area contributed by atoms with Gasteiger partial charge in [0.05, 0.1) is 5.92 Å². The molecule has 0 heterocycles. The molecule has 5 nitrogen and oxygen atoms in total. The number of carbonyl (C=O) groups excluding carboxylic acids is 2. The fraction of sp³-hybridized carbons (Fsp3) is 0.238. The van der Waals surface area contributed by atoms with Crippen molar-refractivity contribution in [2.45, 2.75) is 25.4 Å². The Hall–Kier alpha value is -2.90. The summed E-state index contributed by atoms with van der Waals surface area (Å²) in [5.74, 6) is -3.68. The van der Waals surface area contributed by atoms with Crippen molar-refractivity contribution in [1.82, 2.24) is 5.48 Å². The lowest BCUT2D eigenvalue weighted by atomic mass is 9.84. The first-order chi connectivity index (χ1) is 13.3. The van der Waals surface area contributed by atoms with Gasteiger partial charge in [0, 0.05) is 6.42 Å². The molecule has 0 fully saturated rings. The van der Waals surface area contributed by atoms with E-state index in [-0.39, 0.29) is 0 Å². The van der Waals surface area contributed by atoms with Gasteiger partial charge < -0.3 is 5.11 Å². The highest BCUT2D eigenvalue weighted by Crippen LogP contribution is 2.28. The number of halogens is 2. The van der Waals surface area contributed by atoms with E-state index in [0.717, 1.165) is 24.1 Å². The molecular weight excluding hydrogens is 368 g/mol. The highest BCUT2D eigenvalue weighted by Gasteiger charge is 2.45. The van der Waals surface area contributed by atoms with Crippen molar-refractivity contribution >= 4 is 17.8 Å². The number of aliphatic hydroxyl groups is 1. The molecule has 0 aromatic heterocycles. The summed E-state index contributed by atoms with van der Waals surface area (Å²) in [6.07, 6.45) is -1.31. The molecular formula is C21H21F2NO4. The molecule has 0 aliphatic carbocycles. The molecule has 2 aromatic rings. The molecule has 1 amide bonds. The largest absolute Gasteiger partial charge is 0.383 e. The highest BCUT2D eigenvalue weighted by atomic mass is 19.3. The van der Waals surface area contributed by atoms with Gasteiger partial charge in [0.1, 0.15) is 5.60 Å².